The number of aliphatic carboxylic acids is 4. The normalized spacial score (nSPS) is 8.32. The monoisotopic (exact) mass is 709 g/mol. The van der Waals surface area contributed by atoms with Crippen molar-refractivity contribution in [2.75, 3.05) is 0 Å². The summed E-state index contributed by atoms with van der Waals surface area (Å²) in [6.45, 7) is 4.56. The number of hydrogen-bond donors (Lipinski definition) is 0. The first-order valence-corrected chi connectivity index (χ1v) is 9.09. The molecule has 0 aliphatic heterocycles. The molecule has 0 fully saturated rings. The molecule has 0 amide bonds. The standard InChI is InChI=1S/4C5H6O4.Ir/c4*1-3(6)2-4(7)5(8)9;/h4*2H2,1H3,(H,8,9);/p-4. The summed E-state index contributed by atoms with van der Waals surface area (Å²) >= 11 is 0. The predicted molar refractivity (Wildman–Crippen MR) is 101 cm³/mol. The molecule has 0 unspecified atom stereocenters. The van der Waals surface area contributed by atoms with Crippen molar-refractivity contribution in [2.24, 2.45) is 0 Å². The molecule has 0 N–H and O–H groups in total. The number of carbonyl (C=O) groups excluding carboxylic acids is 12. The van der Waals surface area contributed by atoms with Gasteiger partial charge in [0.1, 0.15) is 47.0 Å². The minimum Gasteiger partial charge on any atom is -0.542 e. The van der Waals surface area contributed by atoms with Gasteiger partial charge in [0.25, 0.3) is 0 Å². The maximum atomic E-state index is 10.1. The van der Waals surface area contributed by atoms with Gasteiger partial charge >= 0.3 is 0 Å². The van der Waals surface area contributed by atoms with Crippen molar-refractivity contribution in [1.82, 2.24) is 0 Å². The third-order valence-electron chi connectivity index (χ3n) is 2.55. The fourth-order valence-electron chi connectivity index (χ4n) is 1.19. The molecule has 0 aliphatic rings. The Morgan fingerprint density at radius 1 is 0.351 bits per heavy atom. The van der Waals surface area contributed by atoms with Crippen LogP contribution in [-0.4, -0.2) is 70.1 Å². The topological polar surface area (TPSA) is 297 Å². The Kier molecular flexibility index (Phi) is 27.5. The summed E-state index contributed by atoms with van der Waals surface area (Å²) in [7, 11) is 0. The number of carboxylic acids is 4. The first-order chi connectivity index (χ1) is 16.1. The molecule has 0 atom stereocenters. The van der Waals surface area contributed by atoms with E-state index in [9.17, 15) is 78.0 Å². The van der Waals surface area contributed by atoms with E-state index in [0.717, 1.165) is 27.7 Å². The Bertz CT molecular complexity index is 792. The first kappa shape index (κ1) is 43.0. The van der Waals surface area contributed by atoms with Gasteiger partial charge in [0.05, 0.1) is 25.7 Å². The summed E-state index contributed by atoms with van der Waals surface area (Å²) < 4.78 is 0. The van der Waals surface area contributed by atoms with E-state index >= 15 is 0 Å². The van der Waals surface area contributed by atoms with Gasteiger partial charge in [-0.05, 0) is 27.7 Å². The smallest absolute Gasteiger partial charge is 0.185 e. The van der Waals surface area contributed by atoms with Crippen LogP contribution < -0.4 is 20.4 Å². The molecule has 1 radical (unpaired) electrons. The van der Waals surface area contributed by atoms with Crippen LogP contribution in [0.4, 0.5) is 0 Å². The average molecular weight is 709 g/mol. The minimum absolute atomic E-state index is 0. The summed E-state index contributed by atoms with van der Waals surface area (Å²) in [5.41, 5.74) is 0. The van der Waals surface area contributed by atoms with Crippen molar-refractivity contribution >= 4 is 70.1 Å². The van der Waals surface area contributed by atoms with Gasteiger partial charge in [0.15, 0.2) is 23.1 Å². The molecule has 37 heavy (non-hydrogen) atoms. The Hall–Kier alpha value is -4.11. The summed E-state index contributed by atoms with van der Waals surface area (Å²) in [6.07, 6.45) is -2.27. The van der Waals surface area contributed by atoms with E-state index in [1.807, 2.05) is 0 Å². The Labute approximate surface area is 221 Å². The molecule has 0 aromatic rings. The molecule has 0 bridgehead atoms. The van der Waals surface area contributed by atoms with Crippen LogP contribution in [-0.2, 0) is 77.6 Å². The van der Waals surface area contributed by atoms with Gasteiger partial charge < -0.3 is 39.6 Å². The summed E-state index contributed by atoms with van der Waals surface area (Å²) in [5, 5.41) is 38.5. The molecule has 0 spiro atoms. The van der Waals surface area contributed by atoms with Gasteiger partial charge in [-0.2, -0.15) is 0 Å². The van der Waals surface area contributed by atoms with E-state index in [1.165, 1.54) is 0 Å². The third kappa shape index (κ3) is 36.6. The van der Waals surface area contributed by atoms with E-state index in [-0.39, 0.29) is 20.1 Å². The fourth-order valence-corrected chi connectivity index (χ4v) is 1.19. The maximum Gasteiger partial charge on any atom is 0.185 e. The van der Waals surface area contributed by atoms with E-state index < -0.39 is 95.8 Å². The van der Waals surface area contributed by atoms with Crippen molar-refractivity contribution in [3.63, 3.8) is 0 Å². The number of carboxylic acid groups (broad SMARTS) is 4. The van der Waals surface area contributed by atoms with Crippen molar-refractivity contribution in [3.8, 4) is 0 Å². The second-order valence-electron chi connectivity index (χ2n) is 6.36. The fraction of sp³-hybridized carbons (Fsp3) is 0.400. The predicted octanol–water partition coefficient (Wildman–Crippen LogP) is -6.86. The molecule has 0 aromatic carbocycles. The number of ketones is 8. The van der Waals surface area contributed by atoms with Crippen LogP contribution >= 0.6 is 0 Å². The van der Waals surface area contributed by atoms with Crippen molar-refractivity contribution in [3.05, 3.63) is 0 Å². The van der Waals surface area contributed by atoms with E-state index in [1.54, 1.807) is 0 Å². The summed E-state index contributed by atoms with van der Waals surface area (Å²) in [4.78, 5) is 119. The third-order valence-corrected chi connectivity index (χ3v) is 2.55. The molecule has 209 valence electrons. The zero-order valence-corrected chi connectivity index (χ0v) is 22.1. The van der Waals surface area contributed by atoms with E-state index in [2.05, 4.69) is 0 Å². The van der Waals surface area contributed by atoms with Crippen LogP contribution in [0.3, 0.4) is 0 Å². The quantitative estimate of drug-likeness (QED) is 0.134. The molecule has 0 aromatic heterocycles. The SMILES string of the molecule is CC(=O)CC(=O)C(=O)[O-].CC(=O)CC(=O)C(=O)[O-].CC(=O)CC(=O)C(=O)[O-].CC(=O)CC(=O)C(=O)[O-].[Ir]. The van der Waals surface area contributed by atoms with Gasteiger partial charge in [-0.25, -0.2) is 0 Å². The molecule has 0 rings (SSSR count). The zero-order valence-electron chi connectivity index (χ0n) is 19.7. The van der Waals surface area contributed by atoms with Crippen LogP contribution in [0.1, 0.15) is 53.4 Å². The first-order valence-electron chi connectivity index (χ1n) is 9.09. The van der Waals surface area contributed by atoms with Gasteiger partial charge in [-0.1, -0.05) is 0 Å². The van der Waals surface area contributed by atoms with Crippen LogP contribution in [0.5, 0.6) is 0 Å². The molecule has 0 saturated heterocycles. The summed E-state index contributed by atoms with van der Waals surface area (Å²) in [5.74, 6) is -13.7. The number of Topliss-reactive ketones (excluding diaryl/α,β-unsaturated/α-hetero) is 8. The van der Waals surface area contributed by atoms with E-state index in [4.69, 9.17) is 0 Å². The van der Waals surface area contributed by atoms with Crippen LogP contribution in [0.2, 0.25) is 0 Å². The van der Waals surface area contributed by atoms with Crippen LogP contribution in [0.15, 0.2) is 0 Å². The van der Waals surface area contributed by atoms with Gasteiger partial charge in [-0.15, -0.1) is 0 Å². The maximum absolute atomic E-state index is 10.1. The number of hydrogen-bond acceptors (Lipinski definition) is 16. The largest absolute Gasteiger partial charge is 0.542 e. The van der Waals surface area contributed by atoms with Gasteiger partial charge in [0.2, 0.25) is 0 Å². The molecular weight excluding hydrogens is 688 g/mol. The van der Waals surface area contributed by atoms with Crippen LogP contribution in [0, 0.1) is 0 Å². The van der Waals surface area contributed by atoms with Gasteiger partial charge in [-0.3, -0.25) is 38.4 Å². The molecule has 0 saturated carbocycles. The van der Waals surface area contributed by atoms with E-state index in [0.29, 0.717) is 0 Å². The molecule has 0 aliphatic carbocycles. The molecule has 16 nitrogen and oxygen atoms in total. The number of carbonyl (C=O) groups is 12. The average Bonchev–Trinajstić information content (AvgIpc) is 2.67. The second kappa shape index (κ2) is 23.6. The van der Waals surface area contributed by atoms with Gasteiger partial charge in [0, 0.05) is 20.1 Å². The summed E-state index contributed by atoms with van der Waals surface area (Å²) in [6, 6.07) is 0. The Morgan fingerprint density at radius 2 is 0.459 bits per heavy atom. The second-order valence-corrected chi connectivity index (χ2v) is 6.36. The Balaban J connectivity index is -0.000000122. The van der Waals surface area contributed by atoms with Crippen LogP contribution in [0.25, 0.3) is 0 Å². The zero-order chi connectivity index (χ0) is 29.8. The minimum atomic E-state index is -1.80. The van der Waals surface area contributed by atoms with Crippen molar-refractivity contribution in [2.45, 2.75) is 53.4 Å². The molecule has 17 heteroatoms. The van der Waals surface area contributed by atoms with Crippen molar-refractivity contribution in [1.29, 1.82) is 0 Å². The molecular formula is C20H20IrO16-4. The van der Waals surface area contributed by atoms with Crippen molar-refractivity contribution < 1.29 is 98.1 Å². The molecule has 0 heterocycles. The number of rotatable bonds is 12. The Morgan fingerprint density at radius 3 is 0.486 bits per heavy atom.